The van der Waals surface area contributed by atoms with Gasteiger partial charge in [0.05, 0.1) is 0 Å². The minimum atomic E-state index is -0.612. The van der Waals surface area contributed by atoms with Gasteiger partial charge < -0.3 is 0 Å². The lowest BCUT2D eigenvalue weighted by atomic mass is 9.86. The van der Waals surface area contributed by atoms with E-state index in [1.54, 1.807) is 10.9 Å². The molecule has 0 spiro atoms. The van der Waals surface area contributed by atoms with Crippen molar-refractivity contribution < 1.29 is 0 Å². The molecule has 0 aromatic heterocycles. The van der Waals surface area contributed by atoms with E-state index in [9.17, 15) is 0 Å². The van der Waals surface area contributed by atoms with Crippen LogP contribution in [-0.4, -0.2) is 11.3 Å². The third-order valence-electron chi connectivity index (χ3n) is 9.06. The molecule has 0 amide bonds. The molecule has 0 N–H and O–H groups in total. The first-order valence-corrected chi connectivity index (χ1v) is 18.1. The van der Waals surface area contributed by atoms with Gasteiger partial charge >= 0.3 is 0 Å². The molecule has 2 saturated carbocycles. The summed E-state index contributed by atoms with van der Waals surface area (Å²) in [6, 6.07) is 30.5. The van der Waals surface area contributed by atoms with Crippen LogP contribution in [0.1, 0.15) is 109 Å². The first-order valence-electron chi connectivity index (χ1n) is 15.3. The van der Waals surface area contributed by atoms with E-state index in [1.807, 2.05) is 0 Å². The smallest absolute Gasteiger partial charge is 0.00250 e. The minimum absolute atomic E-state index is 0.0406. The number of rotatable bonds is 7. The average Bonchev–Trinajstić information content (AvgIpc) is 2.95. The quantitative estimate of drug-likeness (QED) is 0.261. The van der Waals surface area contributed by atoms with E-state index in [2.05, 4.69) is 107 Å². The maximum absolute atomic E-state index is 2.65. The van der Waals surface area contributed by atoms with E-state index in [0.717, 1.165) is 11.3 Å². The highest BCUT2D eigenvalue weighted by molar-refractivity contribution is 7.80. The molecule has 2 fully saturated rings. The highest BCUT2D eigenvalue weighted by Crippen LogP contribution is 2.64. The maximum Gasteiger partial charge on any atom is 0.00250 e. The maximum atomic E-state index is 2.65. The Morgan fingerprint density at radius 1 is 0.632 bits per heavy atom. The van der Waals surface area contributed by atoms with Gasteiger partial charge in [-0.2, -0.15) is 0 Å². The molecule has 1 atom stereocenters. The molecular formula is C36H48P2. The Kier molecular flexibility index (Phi) is 9.45. The molecule has 0 saturated heterocycles. The fourth-order valence-corrected chi connectivity index (χ4v) is 14.0. The summed E-state index contributed by atoms with van der Waals surface area (Å²) in [6.07, 6.45) is 14.7. The van der Waals surface area contributed by atoms with E-state index in [0.29, 0.717) is 5.66 Å². The van der Waals surface area contributed by atoms with Crippen LogP contribution in [0.2, 0.25) is 0 Å². The monoisotopic (exact) mass is 542 g/mol. The zero-order valence-electron chi connectivity index (χ0n) is 24.2. The average molecular weight is 543 g/mol. The summed E-state index contributed by atoms with van der Waals surface area (Å²) in [5.41, 5.74) is 5.88. The summed E-state index contributed by atoms with van der Waals surface area (Å²) in [5.74, 6) is 0. The number of benzene rings is 3. The van der Waals surface area contributed by atoms with Crippen LogP contribution in [0.3, 0.4) is 0 Å². The SMILES string of the molecule is C[C@@H](c1ccc(C(C)(C)C)cc1P(c1ccccc1)c1ccccc1)P(C1CCCCC1)C1CCCCC1. The Morgan fingerprint density at radius 2 is 1.11 bits per heavy atom. The van der Waals surface area contributed by atoms with Gasteiger partial charge in [-0.3, -0.25) is 0 Å². The van der Waals surface area contributed by atoms with Gasteiger partial charge in [-0.25, -0.2) is 0 Å². The lowest BCUT2D eigenvalue weighted by Crippen LogP contribution is -2.28. The van der Waals surface area contributed by atoms with Gasteiger partial charge in [-0.05, 0) is 83.4 Å². The lowest BCUT2D eigenvalue weighted by Gasteiger charge is -2.43. The van der Waals surface area contributed by atoms with Crippen molar-refractivity contribution in [3.05, 3.63) is 90.0 Å². The third-order valence-corrected chi connectivity index (χ3v) is 15.4. The molecule has 2 aliphatic carbocycles. The Hall–Kier alpha value is -1.48. The van der Waals surface area contributed by atoms with Gasteiger partial charge in [-0.15, -0.1) is 0 Å². The van der Waals surface area contributed by atoms with Crippen molar-refractivity contribution >= 4 is 31.8 Å². The van der Waals surface area contributed by atoms with Gasteiger partial charge in [0.1, 0.15) is 0 Å². The van der Waals surface area contributed by atoms with Crippen LogP contribution in [0.5, 0.6) is 0 Å². The predicted molar refractivity (Wildman–Crippen MR) is 173 cm³/mol. The fraction of sp³-hybridized carbons (Fsp3) is 0.500. The normalized spacial score (nSPS) is 18.7. The molecule has 0 heterocycles. The van der Waals surface area contributed by atoms with Crippen LogP contribution in [0.4, 0.5) is 0 Å². The summed E-state index contributed by atoms with van der Waals surface area (Å²) in [4.78, 5) is 0. The predicted octanol–water partition coefficient (Wildman–Crippen LogP) is 9.95. The summed E-state index contributed by atoms with van der Waals surface area (Å²) in [7, 11) is -0.652. The summed E-state index contributed by atoms with van der Waals surface area (Å²) < 4.78 is 0. The van der Waals surface area contributed by atoms with Crippen LogP contribution >= 0.6 is 15.8 Å². The van der Waals surface area contributed by atoms with Crippen LogP contribution in [0.25, 0.3) is 0 Å². The van der Waals surface area contributed by atoms with Gasteiger partial charge in [0, 0.05) is 5.66 Å². The molecule has 202 valence electrons. The van der Waals surface area contributed by atoms with Crippen molar-refractivity contribution in [1.29, 1.82) is 0 Å². The number of hydrogen-bond acceptors (Lipinski definition) is 0. The molecular weight excluding hydrogens is 494 g/mol. The van der Waals surface area contributed by atoms with Gasteiger partial charge in [0.25, 0.3) is 0 Å². The van der Waals surface area contributed by atoms with Crippen LogP contribution in [0.15, 0.2) is 78.9 Å². The Morgan fingerprint density at radius 3 is 1.55 bits per heavy atom. The van der Waals surface area contributed by atoms with E-state index in [-0.39, 0.29) is 13.3 Å². The van der Waals surface area contributed by atoms with Crippen LogP contribution in [0, 0.1) is 0 Å². The highest BCUT2D eigenvalue weighted by atomic mass is 31.1. The van der Waals surface area contributed by atoms with E-state index < -0.39 is 7.92 Å². The fourth-order valence-electron chi connectivity index (χ4n) is 6.99. The Labute approximate surface area is 235 Å². The second kappa shape index (κ2) is 12.8. The van der Waals surface area contributed by atoms with Crippen molar-refractivity contribution in [3.8, 4) is 0 Å². The van der Waals surface area contributed by atoms with Gasteiger partial charge in [0.2, 0.25) is 0 Å². The zero-order chi connectivity index (χ0) is 26.5. The van der Waals surface area contributed by atoms with Crippen molar-refractivity contribution in [2.45, 2.75) is 114 Å². The summed E-state index contributed by atoms with van der Waals surface area (Å²) in [6.45, 7) is 9.77. The van der Waals surface area contributed by atoms with Crippen molar-refractivity contribution in [2.24, 2.45) is 0 Å². The third kappa shape index (κ3) is 6.45. The molecule has 0 aliphatic heterocycles. The Bertz CT molecular complexity index is 1080. The summed E-state index contributed by atoms with van der Waals surface area (Å²) in [5, 5.41) is 4.58. The van der Waals surface area contributed by atoms with E-state index in [4.69, 9.17) is 0 Å². The second-order valence-electron chi connectivity index (χ2n) is 12.7. The van der Waals surface area contributed by atoms with Gasteiger partial charge in [0.15, 0.2) is 0 Å². The highest BCUT2D eigenvalue weighted by Gasteiger charge is 2.37. The van der Waals surface area contributed by atoms with Crippen molar-refractivity contribution in [1.82, 2.24) is 0 Å². The first-order chi connectivity index (χ1) is 18.4. The molecule has 0 nitrogen and oxygen atoms in total. The molecule has 2 aliphatic rings. The first kappa shape index (κ1) is 28.1. The van der Waals surface area contributed by atoms with E-state index >= 15 is 0 Å². The topological polar surface area (TPSA) is 0 Å². The molecule has 3 aromatic carbocycles. The van der Waals surface area contributed by atoms with Crippen LogP contribution in [-0.2, 0) is 5.41 Å². The van der Waals surface area contributed by atoms with E-state index in [1.165, 1.54) is 80.4 Å². The Balaban J connectivity index is 1.66. The molecule has 0 radical (unpaired) electrons. The minimum Gasteiger partial charge on any atom is -0.0929 e. The van der Waals surface area contributed by atoms with Crippen LogP contribution < -0.4 is 15.9 Å². The molecule has 2 heteroatoms. The summed E-state index contributed by atoms with van der Waals surface area (Å²) >= 11 is 0. The molecule has 38 heavy (non-hydrogen) atoms. The van der Waals surface area contributed by atoms with Crippen molar-refractivity contribution in [2.75, 3.05) is 0 Å². The molecule has 0 unspecified atom stereocenters. The zero-order valence-corrected chi connectivity index (χ0v) is 26.0. The largest absolute Gasteiger partial charge is 0.0929 e. The number of hydrogen-bond donors (Lipinski definition) is 0. The molecule has 5 rings (SSSR count). The lowest BCUT2D eigenvalue weighted by molar-refractivity contribution is 0.481. The van der Waals surface area contributed by atoms with Crippen molar-refractivity contribution in [3.63, 3.8) is 0 Å². The standard InChI is InChI=1S/C36H48P2/c1-28(37(30-17-9-5-10-18-30)31-19-11-6-12-20-31)34-26-25-29(36(2,3)4)27-35(34)38(32-21-13-7-14-22-32)33-23-15-8-16-24-33/h7-8,13-16,21-28,30-31H,5-6,9-12,17-20H2,1-4H3/t28-/m0/s1. The van der Waals surface area contributed by atoms with Gasteiger partial charge in [-0.1, -0.05) is 147 Å². The molecule has 3 aromatic rings. The molecule has 0 bridgehead atoms. The second-order valence-corrected chi connectivity index (χ2v) is 18.1.